The van der Waals surface area contributed by atoms with Gasteiger partial charge in [0.2, 0.25) is 11.7 Å². The molecule has 9 heteroatoms. The molecule has 1 amide bonds. The van der Waals surface area contributed by atoms with Gasteiger partial charge in [-0.2, -0.15) is 4.98 Å². The highest BCUT2D eigenvalue weighted by molar-refractivity contribution is 5.86. The minimum atomic E-state index is -1.17. The number of hydrogen-bond donors (Lipinski definition) is 0. The lowest BCUT2D eigenvalue weighted by molar-refractivity contribution is -0.169. The standard InChI is InChI=1S/C18H23N5O4/c1-12(24)26-18(2,3)17(25)23-8-4-5-13(11-23)9-15-21-16(22-27-15)14-10-19-6-7-20-14/h6-7,10,13H,4-5,8-9,11H2,1-3H3/t13-/m0/s1. The number of esters is 1. The fourth-order valence-corrected chi connectivity index (χ4v) is 3.30. The molecule has 1 saturated heterocycles. The molecule has 3 heterocycles. The number of likely N-dealkylation sites (tertiary alicyclic amines) is 1. The molecule has 1 aliphatic rings. The van der Waals surface area contributed by atoms with E-state index in [-0.39, 0.29) is 11.8 Å². The average Bonchev–Trinajstić information content (AvgIpc) is 3.09. The van der Waals surface area contributed by atoms with Crippen LogP contribution in [0.5, 0.6) is 0 Å². The van der Waals surface area contributed by atoms with Crippen LogP contribution in [0.2, 0.25) is 0 Å². The van der Waals surface area contributed by atoms with Crippen molar-refractivity contribution in [1.82, 2.24) is 25.0 Å². The maximum atomic E-state index is 12.7. The van der Waals surface area contributed by atoms with Crippen molar-refractivity contribution in [3.8, 4) is 11.5 Å². The first kappa shape index (κ1) is 18.9. The number of aromatic nitrogens is 4. The number of nitrogens with zero attached hydrogens (tertiary/aromatic N) is 5. The number of rotatable bonds is 5. The summed E-state index contributed by atoms with van der Waals surface area (Å²) >= 11 is 0. The third kappa shape index (κ3) is 4.66. The Hall–Kier alpha value is -2.84. The number of ether oxygens (including phenoxy) is 1. The van der Waals surface area contributed by atoms with Gasteiger partial charge in [0.25, 0.3) is 5.91 Å². The third-order valence-electron chi connectivity index (χ3n) is 4.44. The summed E-state index contributed by atoms with van der Waals surface area (Å²) in [5, 5.41) is 3.95. The lowest BCUT2D eigenvalue weighted by Gasteiger charge is -2.36. The van der Waals surface area contributed by atoms with Gasteiger partial charge in [0, 0.05) is 38.8 Å². The fraction of sp³-hybridized carbons (Fsp3) is 0.556. The molecule has 0 N–H and O–H groups in total. The van der Waals surface area contributed by atoms with Crippen LogP contribution in [-0.2, 0) is 20.7 Å². The Bertz CT molecular complexity index is 805. The molecule has 0 radical (unpaired) electrons. The number of amides is 1. The summed E-state index contributed by atoms with van der Waals surface area (Å²) in [6.07, 6.45) is 7.13. The highest BCUT2D eigenvalue weighted by atomic mass is 16.6. The monoisotopic (exact) mass is 373 g/mol. The van der Waals surface area contributed by atoms with Crippen molar-refractivity contribution >= 4 is 11.9 Å². The van der Waals surface area contributed by atoms with Crippen LogP contribution >= 0.6 is 0 Å². The Balaban J connectivity index is 1.63. The highest BCUT2D eigenvalue weighted by Gasteiger charge is 2.37. The van der Waals surface area contributed by atoms with Crippen LogP contribution in [0, 0.1) is 5.92 Å². The van der Waals surface area contributed by atoms with E-state index in [1.165, 1.54) is 6.92 Å². The molecule has 2 aromatic heterocycles. The minimum Gasteiger partial charge on any atom is -0.450 e. The van der Waals surface area contributed by atoms with E-state index in [2.05, 4.69) is 20.1 Å². The van der Waals surface area contributed by atoms with Crippen LogP contribution in [0.3, 0.4) is 0 Å². The number of carbonyl (C=O) groups excluding carboxylic acids is 2. The van der Waals surface area contributed by atoms with Crippen LogP contribution < -0.4 is 0 Å². The summed E-state index contributed by atoms with van der Waals surface area (Å²) < 4.78 is 10.5. The van der Waals surface area contributed by atoms with E-state index in [1.807, 2.05) is 0 Å². The van der Waals surface area contributed by atoms with Gasteiger partial charge in [-0.1, -0.05) is 5.16 Å². The fourth-order valence-electron chi connectivity index (χ4n) is 3.30. The Morgan fingerprint density at radius 1 is 1.37 bits per heavy atom. The van der Waals surface area contributed by atoms with Crippen LogP contribution in [0.15, 0.2) is 23.1 Å². The van der Waals surface area contributed by atoms with E-state index in [9.17, 15) is 9.59 Å². The molecule has 144 valence electrons. The summed E-state index contributed by atoms with van der Waals surface area (Å²) in [6, 6.07) is 0. The predicted octanol–water partition coefficient (Wildman–Crippen LogP) is 1.65. The van der Waals surface area contributed by atoms with Crippen molar-refractivity contribution in [3.05, 3.63) is 24.5 Å². The molecule has 0 bridgehead atoms. The van der Waals surface area contributed by atoms with Gasteiger partial charge in [-0.3, -0.25) is 14.6 Å². The summed E-state index contributed by atoms with van der Waals surface area (Å²) in [6.45, 7) is 5.75. The van der Waals surface area contributed by atoms with Gasteiger partial charge in [0.15, 0.2) is 5.60 Å². The summed E-state index contributed by atoms with van der Waals surface area (Å²) in [4.78, 5) is 38.2. The molecule has 0 aromatic carbocycles. The van der Waals surface area contributed by atoms with Gasteiger partial charge in [0.05, 0.1) is 6.20 Å². The molecule has 1 atom stereocenters. The van der Waals surface area contributed by atoms with Crippen LogP contribution in [0.1, 0.15) is 39.5 Å². The van der Waals surface area contributed by atoms with E-state index < -0.39 is 11.6 Å². The Kier molecular flexibility index (Phi) is 5.48. The van der Waals surface area contributed by atoms with Gasteiger partial charge in [-0.25, -0.2) is 4.98 Å². The molecule has 9 nitrogen and oxygen atoms in total. The first-order valence-electron chi connectivity index (χ1n) is 8.93. The Morgan fingerprint density at radius 3 is 2.89 bits per heavy atom. The predicted molar refractivity (Wildman–Crippen MR) is 94.2 cm³/mol. The van der Waals surface area contributed by atoms with Crippen molar-refractivity contribution in [2.75, 3.05) is 13.1 Å². The van der Waals surface area contributed by atoms with E-state index in [4.69, 9.17) is 9.26 Å². The summed E-state index contributed by atoms with van der Waals surface area (Å²) in [5.74, 6) is 0.454. The normalized spacial score (nSPS) is 17.6. The van der Waals surface area contributed by atoms with E-state index in [1.54, 1.807) is 37.3 Å². The van der Waals surface area contributed by atoms with Gasteiger partial charge in [-0.05, 0) is 32.6 Å². The van der Waals surface area contributed by atoms with Gasteiger partial charge in [-0.15, -0.1) is 0 Å². The molecule has 3 rings (SSSR count). The highest BCUT2D eigenvalue weighted by Crippen LogP contribution is 2.24. The maximum Gasteiger partial charge on any atom is 0.303 e. The number of piperidine rings is 1. The third-order valence-corrected chi connectivity index (χ3v) is 4.44. The number of carbonyl (C=O) groups is 2. The summed E-state index contributed by atoms with van der Waals surface area (Å²) in [5.41, 5.74) is -0.617. The maximum absolute atomic E-state index is 12.7. The molecular formula is C18H23N5O4. The second-order valence-corrected chi connectivity index (χ2v) is 7.17. The van der Waals surface area contributed by atoms with Crippen LogP contribution in [0.25, 0.3) is 11.5 Å². The molecule has 1 aliphatic heterocycles. The molecule has 2 aromatic rings. The smallest absolute Gasteiger partial charge is 0.303 e. The van der Waals surface area contributed by atoms with E-state index >= 15 is 0 Å². The average molecular weight is 373 g/mol. The summed E-state index contributed by atoms with van der Waals surface area (Å²) in [7, 11) is 0. The zero-order valence-corrected chi connectivity index (χ0v) is 15.7. The van der Waals surface area contributed by atoms with Gasteiger partial charge >= 0.3 is 5.97 Å². The molecule has 0 saturated carbocycles. The topological polar surface area (TPSA) is 111 Å². The van der Waals surface area contributed by atoms with Crippen LogP contribution in [-0.4, -0.2) is 55.6 Å². The second-order valence-electron chi connectivity index (χ2n) is 7.17. The first-order valence-corrected chi connectivity index (χ1v) is 8.93. The van der Waals surface area contributed by atoms with Gasteiger partial charge in [0.1, 0.15) is 5.69 Å². The molecule has 0 aliphatic carbocycles. The van der Waals surface area contributed by atoms with Crippen LogP contribution in [0.4, 0.5) is 0 Å². The van der Waals surface area contributed by atoms with Crippen molar-refractivity contribution in [1.29, 1.82) is 0 Å². The molecule has 27 heavy (non-hydrogen) atoms. The number of hydrogen-bond acceptors (Lipinski definition) is 8. The van der Waals surface area contributed by atoms with Gasteiger partial charge < -0.3 is 14.2 Å². The largest absolute Gasteiger partial charge is 0.450 e. The zero-order valence-electron chi connectivity index (χ0n) is 15.7. The molecular weight excluding hydrogens is 350 g/mol. The second kappa shape index (κ2) is 7.81. The van der Waals surface area contributed by atoms with Crippen molar-refractivity contribution in [3.63, 3.8) is 0 Å². The van der Waals surface area contributed by atoms with Crippen molar-refractivity contribution < 1.29 is 18.8 Å². The lowest BCUT2D eigenvalue weighted by atomic mass is 9.93. The van der Waals surface area contributed by atoms with E-state index in [0.717, 1.165) is 12.8 Å². The van der Waals surface area contributed by atoms with Crippen molar-refractivity contribution in [2.45, 2.75) is 45.6 Å². The molecule has 1 fully saturated rings. The van der Waals surface area contributed by atoms with Crippen molar-refractivity contribution in [2.24, 2.45) is 5.92 Å². The zero-order chi connectivity index (χ0) is 19.4. The Morgan fingerprint density at radius 2 is 2.19 bits per heavy atom. The molecule has 0 spiro atoms. The lowest BCUT2D eigenvalue weighted by Crippen LogP contribution is -2.51. The SMILES string of the molecule is CC(=O)OC(C)(C)C(=O)N1CCC[C@@H](Cc2nc(-c3cnccn3)no2)C1. The quantitative estimate of drug-likeness (QED) is 0.727. The minimum absolute atomic E-state index is 0.187. The van der Waals surface area contributed by atoms with E-state index in [0.29, 0.717) is 36.9 Å². The Labute approximate surface area is 157 Å². The first-order chi connectivity index (χ1) is 12.8. The molecule has 0 unspecified atom stereocenters.